The SMILES string of the molecule is CNCCC(=O)N[C@@H](CCCCN)C(=O)N(C)[C@@H]1C(=O)N[C@@H](C)C(=O)N[C@H](C(=O)N[C@@H](C)C(C)=O)Cc2ccc(OCCN)c(c2)-c2cc1ccc2OCCN. The third-order valence-corrected chi connectivity index (χ3v) is 9.36. The van der Waals surface area contributed by atoms with Crippen LogP contribution in [0.3, 0.4) is 0 Å². The summed E-state index contributed by atoms with van der Waals surface area (Å²) in [5.41, 5.74) is 19.3. The number of hydrogen-bond acceptors (Lipinski definition) is 12. The van der Waals surface area contributed by atoms with Crippen molar-refractivity contribution in [3.05, 3.63) is 47.5 Å². The van der Waals surface area contributed by atoms with Gasteiger partial charge >= 0.3 is 0 Å². The summed E-state index contributed by atoms with van der Waals surface area (Å²) in [5, 5.41) is 13.9. The summed E-state index contributed by atoms with van der Waals surface area (Å²) >= 11 is 0. The van der Waals surface area contributed by atoms with E-state index in [2.05, 4.69) is 26.6 Å². The van der Waals surface area contributed by atoms with Crippen molar-refractivity contribution in [2.45, 2.75) is 83.1 Å². The Hall–Kier alpha value is -5.10. The number of fused-ring (bicyclic) bond motifs is 5. The van der Waals surface area contributed by atoms with Gasteiger partial charge in [0.15, 0.2) is 5.78 Å². The van der Waals surface area contributed by atoms with E-state index >= 15 is 0 Å². The molecule has 11 N–H and O–H groups in total. The van der Waals surface area contributed by atoms with Crippen LogP contribution in [-0.2, 0) is 35.2 Å². The molecule has 0 fully saturated rings. The molecule has 0 radical (unpaired) electrons. The maximum Gasteiger partial charge on any atom is 0.248 e. The van der Waals surface area contributed by atoms with Crippen molar-refractivity contribution in [2.24, 2.45) is 17.2 Å². The van der Waals surface area contributed by atoms with Crippen LogP contribution in [0, 0.1) is 0 Å². The van der Waals surface area contributed by atoms with Gasteiger partial charge in [0.2, 0.25) is 29.5 Å². The van der Waals surface area contributed by atoms with E-state index < -0.39 is 53.8 Å². The highest BCUT2D eigenvalue weighted by atomic mass is 16.5. The molecule has 2 aromatic rings. The standard InChI is InChI=1S/C39H59N9O8/c1-23(25(3)49)44-37(52)31-21-26-9-11-32(55-18-15-41)28(20-26)29-22-27(10-12-33(29)56-19-16-42)35(38(53)45-24(2)36(51)47-31)48(5)39(54)30(8-6-7-14-40)46-34(50)13-17-43-4/h9-12,20,22-24,30-31,35,43H,6-8,13-19,21,40-42H2,1-5H3,(H,44,52)(H,45,53)(H,46,50)(H,47,51)/t23-,24-,30-,31-,35-/m0/s1. The summed E-state index contributed by atoms with van der Waals surface area (Å²) in [5.74, 6) is -2.32. The maximum absolute atomic E-state index is 14.4. The van der Waals surface area contributed by atoms with Crippen LogP contribution < -0.4 is 53.3 Å². The number of unbranched alkanes of at least 4 members (excludes halogenated alkanes) is 1. The van der Waals surface area contributed by atoms with E-state index in [1.165, 1.54) is 25.8 Å². The van der Waals surface area contributed by atoms with E-state index in [4.69, 9.17) is 26.7 Å². The normalized spacial score (nSPS) is 18.0. The zero-order valence-electron chi connectivity index (χ0n) is 33.1. The van der Waals surface area contributed by atoms with Crippen LogP contribution >= 0.6 is 0 Å². The van der Waals surface area contributed by atoms with Crippen molar-refractivity contribution < 1.29 is 38.2 Å². The highest BCUT2D eigenvalue weighted by molar-refractivity contribution is 5.97. The van der Waals surface area contributed by atoms with Gasteiger partial charge in [-0.25, -0.2) is 0 Å². The van der Waals surface area contributed by atoms with Gasteiger partial charge in [-0.3, -0.25) is 28.8 Å². The van der Waals surface area contributed by atoms with E-state index in [0.29, 0.717) is 59.7 Å². The van der Waals surface area contributed by atoms with Crippen LogP contribution in [0.1, 0.15) is 63.6 Å². The number of nitrogens with two attached hydrogens (primary N) is 3. The lowest BCUT2D eigenvalue weighted by Crippen LogP contribution is -2.56. The number of hydrogen-bond donors (Lipinski definition) is 8. The number of Topliss-reactive ketones (excluding diaryl/α,β-unsaturated/α-hetero) is 1. The Morgan fingerprint density at radius 2 is 1.54 bits per heavy atom. The largest absolute Gasteiger partial charge is 0.492 e. The molecule has 0 aromatic heterocycles. The first kappa shape index (κ1) is 45.3. The number of likely N-dealkylation sites (N-methyl/N-ethyl adjacent to an activating group) is 1. The summed E-state index contributed by atoms with van der Waals surface area (Å²) < 4.78 is 12.1. The Morgan fingerprint density at radius 3 is 2.14 bits per heavy atom. The Labute approximate surface area is 328 Å². The zero-order chi connectivity index (χ0) is 41.4. The number of nitrogens with one attached hydrogen (secondary N) is 5. The van der Waals surface area contributed by atoms with Crippen LogP contribution in [0.25, 0.3) is 11.1 Å². The van der Waals surface area contributed by atoms with Gasteiger partial charge in [0, 0.05) is 50.7 Å². The number of amides is 5. The number of carbonyl (C=O) groups is 6. The predicted octanol–water partition coefficient (Wildman–Crippen LogP) is -0.609. The average Bonchev–Trinajstić information content (AvgIpc) is 3.17. The minimum atomic E-state index is -1.32. The van der Waals surface area contributed by atoms with Gasteiger partial charge in [-0.05, 0) is 89.0 Å². The number of rotatable bonds is 19. The van der Waals surface area contributed by atoms with Gasteiger partial charge in [-0.1, -0.05) is 12.1 Å². The van der Waals surface area contributed by atoms with E-state index in [0.717, 1.165) is 0 Å². The first-order valence-electron chi connectivity index (χ1n) is 19.0. The van der Waals surface area contributed by atoms with Crippen molar-refractivity contribution in [1.82, 2.24) is 31.5 Å². The van der Waals surface area contributed by atoms with Crippen molar-refractivity contribution >= 4 is 35.3 Å². The lowest BCUT2D eigenvalue weighted by molar-refractivity contribution is -0.143. The van der Waals surface area contributed by atoms with Crippen molar-refractivity contribution in [2.75, 3.05) is 53.5 Å². The summed E-state index contributed by atoms with van der Waals surface area (Å²) in [4.78, 5) is 82.2. The molecule has 17 nitrogen and oxygen atoms in total. The van der Waals surface area contributed by atoms with Crippen LogP contribution in [-0.4, -0.2) is 118 Å². The molecule has 4 bridgehead atoms. The fraction of sp³-hybridized carbons (Fsp3) is 0.538. The monoisotopic (exact) mass is 781 g/mol. The lowest BCUT2D eigenvalue weighted by Gasteiger charge is -2.33. The van der Waals surface area contributed by atoms with Gasteiger partial charge in [-0.2, -0.15) is 0 Å². The number of ketones is 1. The highest BCUT2D eigenvalue weighted by Gasteiger charge is 2.36. The third-order valence-electron chi connectivity index (χ3n) is 9.36. The molecule has 3 rings (SSSR count). The first-order valence-corrected chi connectivity index (χ1v) is 19.0. The molecule has 1 aliphatic rings. The van der Waals surface area contributed by atoms with Crippen LogP contribution in [0.4, 0.5) is 0 Å². The molecule has 0 spiro atoms. The van der Waals surface area contributed by atoms with Crippen LogP contribution in [0.15, 0.2) is 36.4 Å². The summed E-state index contributed by atoms with van der Waals surface area (Å²) in [6.45, 7) is 5.88. The second-order valence-electron chi connectivity index (χ2n) is 13.8. The van der Waals surface area contributed by atoms with E-state index in [1.54, 1.807) is 50.4 Å². The molecule has 2 aromatic carbocycles. The first-order chi connectivity index (χ1) is 26.8. The molecule has 17 heteroatoms. The van der Waals surface area contributed by atoms with Crippen LogP contribution in [0.2, 0.25) is 0 Å². The molecule has 0 aliphatic carbocycles. The van der Waals surface area contributed by atoms with Gasteiger partial charge < -0.3 is 58.2 Å². The molecule has 308 valence electrons. The molecule has 1 heterocycles. The fourth-order valence-electron chi connectivity index (χ4n) is 6.13. The summed E-state index contributed by atoms with van der Waals surface area (Å²) in [7, 11) is 3.17. The van der Waals surface area contributed by atoms with E-state index in [9.17, 15) is 28.8 Å². The van der Waals surface area contributed by atoms with Gasteiger partial charge in [-0.15, -0.1) is 0 Å². The average molecular weight is 782 g/mol. The fourth-order valence-corrected chi connectivity index (χ4v) is 6.13. The maximum atomic E-state index is 14.4. The van der Waals surface area contributed by atoms with Gasteiger partial charge in [0.25, 0.3) is 0 Å². The van der Waals surface area contributed by atoms with Crippen molar-refractivity contribution in [3.63, 3.8) is 0 Å². The van der Waals surface area contributed by atoms with Gasteiger partial charge in [0.1, 0.15) is 48.9 Å². The molecule has 5 amide bonds. The molecule has 0 saturated carbocycles. The van der Waals surface area contributed by atoms with Crippen molar-refractivity contribution in [3.8, 4) is 22.6 Å². The van der Waals surface area contributed by atoms with E-state index in [-0.39, 0.29) is 57.3 Å². The quantitative estimate of drug-likeness (QED) is 0.0831. The number of carbonyl (C=O) groups excluding carboxylic acids is 6. The molecule has 5 atom stereocenters. The topological polar surface area (TPSA) is 262 Å². The number of ether oxygens (including phenoxy) is 2. The molecule has 1 aliphatic heterocycles. The Kier molecular flexibility index (Phi) is 18.2. The van der Waals surface area contributed by atoms with Crippen LogP contribution in [0.5, 0.6) is 11.5 Å². The number of nitrogens with zero attached hydrogens (tertiary/aromatic N) is 1. The molecule has 0 unspecified atom stereocenters. The zero-order valence-corrected chi connectivity index (χ0v) is 33.1. The molecule has 56 heavy (non-hydrogen) atoms. The Balaban J connectivity index is 2.27. The second kappa shape index (κ2) is 22.5. The van der Waals surface area contributed by atoms with Gasteiger partial charge in [0.05, 0.1) is 6.04 Å². The minimum Gasteiger partial charge on any atom is -0.492 e. The molecule has 0 saturated heterocycles. The number of benzene rings is 2. The molecular formula is C39H59N9O8. The Bertz CT molecular complexity index is 1690. The van der Waals surface area contributed by atoms with E-state index in [1.807, 2.05) is 0 Å². The summed E-state index contributed by atoms with van der Waals surface area (Å²) in [6, 6.07) is 4.82. The third kappa shape index (κ3) is 12.7. The predicted molar refractivity (Wildman–Crippen MR) is 211 cm³/mol. The molecular weight excluding hydrogens is 722 g/mol. The second-order valence-corrected chi connectivity index (χ2v) is 13.8. The highest BCUT2D eigenvalue weighted by Crippen LogP contribution is 2.40. The van der Waals surface area contributed by atoms with Crippen molar-refractivity contribution in [1.29, 1.82) is 0 Å². The Morgan fingerprint density at radius 1 is 0.893 bits per heavy atom. The minimum absolute atomic E-state index is 0.0111. The lowest BCUT2D eigenvalue weighted by atomic mass is 9.93. The smallest absolute Gasteiger partial charge is 0.248 e. The summed E-state index contributed by atoms with van der Waals surface area (Å²) in [6.07, 6.45) is 1.57.